The first-order chi connectivity index (χ1) is 29.8. The lowest BCUT2D eigenvalue weighted by Gasteiger charge is -2.35. The average Bonchev–Trinajstić information content (AvgIpc) is 3.37. The molecule has 2 saturated heterocycles. The van der Waals surface area contributed by atoms with Gasteiger partial charge in [-0.2, -0.15) is 0 Å². The first kappa shape index (κ1) is 47.6. The van der Waals surface area contributed by atoms with Gasteiger partial charge in [0.1, 0.15) is 12.1 Å². The number of piperidine rings is 2. The molecular formula is C44H66N12O6. The van der Waals surface area contributed by atoms with Gasteiger partial charge in [-0.25, -0.2) is 0 Å². The minimum Gasteiger partial charge on any atom is -0.370 e. The van der Waals surface area contributed by atoms with Gasteiger partial charge in [0.2, 0.25) is 29.5 Å². The topological polar surface area (TPSA) is 263 Å². The molecule has 0 radical (unpaired) electrons. The van der Waals surface area contributed by atoms with Gasteiger partial charge >= 0.3 is 0 Å². The summed E-state index contributed by atoms with van der Waals surface area (Å²) < 4.78 is 0. The monoisotopic (exact) mass is 859 g/mol. The molecule has 0 aliphatic carbocycles. The number of hydrogen-bond donors (Lipinski definition) is 8. The summed E-state index contributed by atoms with van der Waals surface area (Å²) in [6.45, 7) is 8.11. The van der Waals surface area contributed by atoms with Crippen LogP contribution in [0.5, 0.6) is 0 Å². The third-order valence-electron chi connectivity index (χ3n) is 11.9. The number of aliphatic imine (C=N–C) groups is 1. The van der Waals surface area contributed by atoms with Crippen LogP contribution in [0.25, 0.3) is 0 Å². The number of imide groups is 1. The van der Waals surface area contributed by atoms with Gasteiger partial charge in [0.15, 0.2) is 5.96 Å². The van der Waals surface area contributed by atoms with Crippen LogP contribution in [0.2, 0.25) is 0 Å². The lowest BCUT2D eigenvalue weighted by Crippen LogP contribution is -2.57. The van der Waals surface area contributed by atoms with Crippen molar-refractivity contribution in [3.05, 3.63) is 54.1 Å². The van der Waals surface area contributed by atoms with Gasteiger partial charge in [0, 0.05) is 19.5 Å². The van der Waals surface area contributed by atoms with E-state index in [9.17, 15) is 28.8 Å². The van der Waals surface area contributed by atoms with E-state index in [1.54, 1.807) is 11.0 Å². The van der Waals surface area contributed by atoms with Crippen molar-refractivity contribution in [3.63, 3.8) is 0 Å². The van der Waals surface area contributed by atoms with E-state index >= 15 is 0 Å². The molecule has 3 aliphatic rings. The SMILES string of the molecule is CC(=O)N[C@@H](CCCN)C(=O)NC(=O)[C@H](C)NC(=O)[C@H](CCN=C(N)N)NC1CCN(CCCCC2CCN(CC(=O)N3c4ccccc4NC(=O)c4ccccc43)CC2)CC1. The fourth-order valence-electron chi connectivity index (χ4n) is 8.44. The predicted molar refractivity (Wildman–Crippen MR) is 239 cm³/mol. The number of nitrogens with zero attached hydrogens (tertiary/aromatic N) is 4. The molecule has 338 valence electrons. The zero-order valence-corrected chi connectivity index (χ0v) is 36.2. The van der Waals surface area contributed by atoms with Crippen molar-refractivity contribution in [2.45, 2.75) is 102 Å². The minimum absolute atomic E-state index is 0.0542. The Morgan fingerprint density at radius 3 is 2.18 bits per heavy atom. The molecule has 2 aromatic rings. The zero-order chi connectivity index (χ0) is 44.6. The molecule has 2 fully saturated rings. The Morgan fingerprint density at radius 1 is 0.806 bits per heavy atom. The number of fused-ring (bicyclic) bond motifs is 2. The van der Waals surface area contributed by atoms with Crippen LogP contribution in [0.15, 0.2) is 53.5 Å². The number of para-hydroxylation sites is 3. The van der Waals surface area contributed by atoms with Gasteiger partial charge in [0.05, 0.1) is 35.2 Å². The fourth-order valence-corrected chi connectivity index (χ4v) is 8.44. The number of rotatable bonds is 20. The van der Waals surface area contributed by atoms with Crippen molar-refractivity contribution >= 4 is 58.5 Å². The first-order valence-corrected chi connectivity index (χ1v) is 22.0. The van der Waals surface area contributed by atoms with Crippen LogP contribution in [0.3, 0.4) is 0 Å². The maximum atomic E-state index is 13.9. The van der Waals surface area contributed by atoms with Crippen LogP contribution in [-0.2, 0) is 24.0 Å². The molecule has 62 heavy (non-hydrogen) atoms. The van der Waals surface area contributed by atoms with E-state index < -0.39 is 41.8 Å². The summed E-state index contributed by atoms with van der Waals surface area (Å²) in [6.07, 6.45) is 8.24. The second kappa shape index (κ2) is 23.7. The Bertz CT molecular complexity index is 1890. The van der Waals surface area contributed by atoms with E-state index in [1.807, 2.05) is 42.5 Å². The number of likely N-dealkylation sites (tertiary alicyclic amines) is 2. The highest BCUT2D eigenvalue weighted by Crippen LogP contribution is 2.38. The molecule has 6 amide bonds. The summed E-state index contributed by atoms with van der Waals surface area (Å²) in [4.78, 5) is 88.0. The molecule has 0 saturated carbocycles. The highest BCUT2D eigenvalue weighted by atomic mass is 16.2. The molecule has 0 aromatic heterocycles. The van der Waals surface area contributed by atoms with E-state index in [0.717, 1.165) is 77.7 Å². The predicted octanol–water partition coefficient (Wildman–Crippen LogP) is 1.28. The van der Waals surface area contributed by atoms with Crippen molar-refractivity contribution in [1.82, 2.24) is 31.1 Å². The summed E-state index contributed by atoms with van der Waals surface area (Å²) in [6, 6.07) is 12.1. The van der Waals surface area contributed by atoms with Crippen molar-refractivity contribution < 1.29 is 28.8 Å². The van der Waals surface area contributed by atoms with Crippen LogP contribution in [0, 0.1) is 5.92 Å². The lowest BCUT2D eigenvalue weighted by molar-refractivity contribution is -0.136. The number of benzene rings is 2. The van der Waals surface area contributed by atoms with Crippen LogP contribution < -0.4 is 48.7 Å². The van der Waals surface area contributed by atoms with Gasteiger partial charge in [-0.15, -0.1) is 0 Å². The number of amides is 6. The van der Waals surface area contributed by atoms with E-state index in [2.05, 4.69) is 41.4 Å². The number of carbonyl (C=O) groups is 6. The van der Waals surface area contributed by atoms with Gasteiger partial charge in [-0.1, -0.05) is 37.1 Å². The number of guanidine groups is 1. The first-order valence-electron chi connectivity index (χ1n) is 22.0. The highest BCUT2D eigenvalue weighted by molar-refractivity contribution is 6.18. The summed E-state index contributed by atoms with van der Waals surface area (Å²) in [5.41, 5.74) is 19.0. The van der Waals surface area contributed by atoms with Gasteiger partial charge in [0.25, 0.3) is 5.91 Å². The van der Waals surface area contributed by atoms with Crippen LogP contribution in [0.4, 0.5) is 17.1 Å². The third-order valence-corrected chi connectivity index (χ3v) is 11.9. The number of carbonyl (C=O) groups excluding carboxylic acids is 6. The van der Waals surface area contributed by atoms with Gasteiger partial charge in [-0.3, -0.25) is 48.9 Å². The summed E-state index contributed by atoms with van der Waals surface area (Å²) in [7, 11) is 0. The Hall–Kier alpha value is -5.43. The van der Waals surface area contributed by atoms with E-state index in [0.29, 0.717) is 47.9 Å². The Kier molecular flexibility index (Phi) is 18.2. The molecule has 18 nitrogen and oxygen atoms in total. The molecule has 0 spiro atoms. The molecule has 3 aliphatic heterocycles. The van der Waals surface area contributed by atoms with E-state index in [1.165, 1.54) is 13.8 Å². The number of nitrogens with one attached hydrogen (secondary N) is 5. The van der Waals surface area contributed by atoms with Crippen LogP contribution in [0.1, 0.15) is 88.4 Å². The number of hydrogen-bond acceptors (Lipinski definition) is 11. The molecule has 3 heterocycles. The van der Waals surface area contributed by atoms with E-state index in [-0.39, 0.29) is 43.3 Å². The number of nitrogens with two attached hydrogens (primary N) is 3. The quantitative estimate of drug-likeness (QED) is 0.0532. The molecule has 11 N–H and O–H groups in total. The number of unbranched alkanes of at least 4 members (excludes halogenated alkanes) is 1. The van der Waals surface area contributed by atoms with Crippen LogP contribution >= 0.6 is 0 Å². The maximum absolute atomic E-state index is 13.9. The zero-order valence-electron chi connectivity index (χ0n) is 36.2. The number of anilines is 3. The summed E-state index contributed by atoms with van der Waals surface area (Å²) >= 11 is 0. The normalized spacial score (nSPS) is 17.6. The molecule has 0 bridgehead atoms. The van der Waals surface area contributed by atoms with E-state index in [4.69, 9.17) is 17.2 Å². The largest absolute Gasteiger partial charge is 0.370 e. The molecule has 0 unspecified atom stereocenters. The minimum atomic E-state index is -1.02. The molecule has 3 atom stereocenters. The van der Waals surface area contributed by atoms with Gasteiger partial charge < -0.3 is 43.4 Å². The molecule has 2 aromatic carbocycles. The standard InChI is InChI=1S/C44H66N12O6/c1-29(40(59)53-43(62)35(13-9-21-45)50-30(2)57)49-42(61)36(16-22-48-44(46)47)51-32-19-26-54(27-20-32)23-8-7-10-31-17-24-55(25-18-31)28-39(58)56-37-14-5-3-11-33(37)41(60)52-34-12-4-6-15-38(34)56/h3-6,11-12,14-15,29,31-32,35-36,51H,7-10,13,16-28,45H2,1-2H3,(H,49,61)(H,50,57)(H,52,60)(H4,46,47,48)(H,53,59,62)/t29-,35-,36-/m0/s1. The van der Waals surface area contributed by atoms with Gasteiger partial charge in [-0.05, 0) is 128 Å². The molecule has 18 heteroatoms. The van der Waals surface area contributed by atoms with Crippen LogP contribution in [-0.4, -0.2) is 128 Å². The smallest absolute Gasteiger partial charge is 0.257 e. The van der Waals surface area contributed by atoms with Crippen molar-refractivity contribution in [3.8, 4) is 0 Å². The molecule has 5 rings (SSSR count). The van der Waals surface area contributed by atoms with Crippen molar-refractivity contribution in [1.29, 1.82) is 0 Å². The highest BCUT2D eigenvalue weighted by Gasteiger charge is 2.32. The lowest BCUT2D eigenvalue weighted by atomic mass is 9.91. The van der Waals surface area contributed by atoms with Crippen molar-refractivity contribution in [2.24, 2.45) is 28.1 Å². The molecular weight excluding hydrogens is 793 g/mol. The Balaban J connectivity index is 1.01. The summed E-state index contributed by atoms with van der Waals surface area (Å²) in [5.74, 6) is -1.91. The Labute approximate surface area is 364 Å². The Morgan fingerprint density at radius 2 is 1.48 bits per heavy atom. The fraction of sp³-hybridized carbons (Fsp3) is 0.568. The third kappa shape index (κ3) is 14.1. The second-order valence-electron chi connectivity index (χ2n) is 16.6. The summed E-state index contributed by atoms with van der Waals surface area (Å²) in [5, 5.41) is 14.0. The second-order valence-corrected chi connectivity index (χ2v) is 16.6. The average molecular weight is 859 g/mol. The van der Waals surface area contributed by atoms with Crippen molar-refractivity contribution in [2.75, 3.05) is 62.6 Å². The maximum Gasteiger partial charge on any atom is 0.257 e.